The molecule has 0 saturated carbocycles. The number of likely N-dealkylation sites (tertiary alicyclic amines) is 1. The van der Waals surface area contributed by atoms with Gasteiger partial charge >= 0.3 is 0 Å². The van der Waals surface area contributed by atoms with Crippen LogP contribution in [0.3, 0.4) is 0 Å². The van der Waals surface area contributed by atoms with Crippen LogP contribution in [0, 0.1) is 0 Å². The Kier molecular flexibility index (Phi) is 3.74. The molecule has 106 valence electrons. The molecule has 0 bridgehead atoms. The molecule has 1 atom stereocenters. The molecule has 1 saturated heterocycles. The summed E-state index contributed by atoms with van der Waals surface area (Å²) in [6.45, 7) is 1.63. The van der Waals surface area contributed by atoms with Crippen molar-refractivity contribution in [2.75, 3.05) is 13.2 Å². The predicted octanol–water partition coefficient (Wildman–Crippen LogP) is 1.53. The number of hydrogen-bond donors (Lipinski definition) is 2. The number of H-pyrrole nitrogens is 1. The Balaban J connectivity index is 1.93. The van der Waals surface area contributed by atoms with E-state index < -0.39 is 0 Å². The number of fused-ring (bicyclic) bond motifs is 1. The van der Waals surface area contributed by atoms with Crippen molar-refractivity contribution >= 4 is 22.5 Å². The topological polar surface area (TPSA) is 69.2 Å². The fraction of sp³-hybridized carbons (Fsp3) is 0.429. The van der Waals surface area contributed by atoms with Crippen LogP contribution in [0.1, 0.15) is 18.7 Å². The zero-order chi connectivity index (χ0) is 14.1. The van der Waals surface area contributed by atoms with Crippen LogP contribution in [0.15, 0.2) is 23.0 Å². The van der Waals surface area contributed by atoms with Gasteiger partial charge in [0.15, 0.2) is 0 Å². The lowest BCUT2D eigenvalue weighted by atomic mass is 10.2. The van der Waals surface area contributed by atoms with Crippen molar-refractivity contribution < 1.29 is 5.11 Å². The summed E-state index contributed by atoms with van der Waals surface area (Å²) in [6, 6.07) is 5.27. The van der Waals surface area contributed by atoms with Gasteiger partial charge in [-0.2, -0.15) is 0 Å². The van der Waals surface area contributed by atoms with Crippen molar-refractivity contribution in [1.82, 2.24) is 14.9 Å². The summed E-state index contributed by atoms with van der Waals surface area (Å²) >= 11 is 5.89. The minimum Gasteiger partial charge on any atom is -0.395 e. The van der Waals surface area contributed by atoms with E-state index in [0.717, 1.165) is 19.4 Å². The fourth-order valence-corrected chi connectivity index (χ4v) is 2.91. The van der Waals surface area contributed by atoms with Crippen LogP contribution in [0.2, 0.25) is 5.02 Å². The summed E-state index contributed by atoms with van der Waals surface area (Å²) < 4.78 is 0. The normalized spacial score (nSPS) is 19.8. The minimum atomic E-state index is -0.174. The predicted molar refractivity (Wildman–Crippen MR) is 77.9 cm³/mol. The highest BCUT2D eigenvalue weighted by Crippen LogP contribution is 2.19. The second kappa shape index (κ2) is 5.52. The maximum Gasteiger partial charge on any atom is 0.258 e. The molecule has 20 heavy (non-hydrogen) atoms. The molecule has 5 nitrogen and oxygen atoms in total. The average Bonchev–Trinajstić information content (AvgIpc) is 2.87. The van der Waals surface area contributed by atoms with Gasteiger partial charge in [0.25, 0.3) is 5.56 Å². The van der Waals surface area contributed by atoms with Crippen LogP contribution in [0.5, 0.6) is 0 Å². The first kappa shape index (κ1) is 13.5. The first-order chi connectivity index (χ1) is 9.67. The molecule has 6 heteroatoms. The molecule has 1 aliphatic rings. The maximum absolute atomic E-state index is 12.1. The number of rotatable bonds is 3. The van der Waals surface area contributed by atoms with Crippen molar-refractivity contribution in [1.29, 1.82) is 0 Å². The molecule has 1 aromatic heterocycles. The number of hydrogen-bond acceptors (Lipinski definition) is 4. The summed E-state index contributed by atoms with van der Waals surface area (Å²) in [5, 5.41) is 10.3. The van der Waals surface area contributed by atoms with Crippen LogP contribution in [-0.4, -0.2) is 39.2 Å². The number of benzene rings is 1. The quantitative estimate of drug-likeness (QED) is 0.900. The van der Waals surface area contributed by atoms with Crippen LogP contribution in [0.25, 0.3) is 10.9 Å². The Labute approximate surface area is 121 Å². The van der Waals surface area contributed by atoms with Gasteiger partial charge in [-0.15, -0.1) is 0 Å². The Morgan fingerprint density at radius 3 is 3.15 bits per heavy atom. The zero-order valence-electron chi connectivity index (χ0n) is 11.0. The Hall–Kier alpha value is -1.43. The first-order valence-electron chi connectivity index (χ1n) is 6.71. The number of aromatic nitrogens is 2. The van der Waals surface area contributed by atoms with Crippen LogP contribution >= 0.6 is 11.6 Å². The molecular weight excluding hydrogens is 278 g/mol. The number of aliphatic hydroxyl groups excluding tert-OH is 1. The zero-order valence-corrected chi connectivity index (χ0v) is 11.7. The van der Waals surface area contributed by atoms with Crippen molar-refractivity contribution in [2.24, 2.45) is 0 Å². The van der Waals surface area contributed by atoms with Gasteiger partial charge in [-0.05, 0) is 37.6 Å². The van der Waals surface area contributed by atoms with E-state index in [2.05, 4.69) is 14.9 Å². The second-order valence-corrected chi connectivity index (χ2v) is 5.56. The Morgan fingerprint density at radius 1 is 1.50 bits per heavy atom. The number of halogens is 1. The third-order valence-electron chi connectivity index (χ3n) is 3.78. The van der Waals surface area contributed by atoms with Crippen LogP contribution in [0.4, 0.5) is 0 Å². The minimum absolute atomic E-state index is 0.146. The molecule has 0 unspecified atom stereocenters. The molecule has 0 radical (unpaired) electrons. The van der Waals surface area contributed by atoms with Crippen molar-refractivity contribution in [3.63, 3.8) is 0 Å². The highest BCUT2D eigenvalue weighted by molar-refractivity contribution is 6.31. The summed E-state index contributed by atoms with van der Waals surface area (Å²) in [5.41, 5.74) is 0.472. The van der Waals surface area contributed by atoms with E-state index in [4.69, 9.17) is 11.6 Å². The molecule has 1 aromatic carbocycles. The molecule has 0 aliphatic carbocycles. The van der Waals surface area contributed by atoms with Crippen molar-refractivity contribution in [3.05, 3.63) is 39.4 Å². The lowest BCUT2D eigenvalue weighted by Gasteiger charge is -2.21. The smallest absolute Gasteiger partial charge is 0.258 e. The lowest BCUT2D eigenvalue weighted by molar-refractivity contribution is 0.151. The van der Waals surface area contributed by atoms with E-state index in [0.29, 0.717) is 28.3 Å². The number of nitrogens with zero attached hydrogens (tertiary/aromatic N) is 2. The molecular formula is C14H16ClN3O2. The molecule has 1 fully saturated rings. The van der Waals surface area contributed by atoms with Gasteiger partial charge in [-0.3, -0.25) is 9.69 Å². The molecule has 3 rings (SSSR count). The van der Waals surface area contributed by atoms with E-state index >= 15 is 0 Å². The molecule has 0 spiro atoms. The van der Waals surface area contributed by atoms with Crippen molar-refractivity contribution in [2.45, 2.75) is 25.4 Å². The van der Waals surface area contributed by atoms with Gasteiger partial charge in [0.05, 0.1) is 24.1 Å². The fourth-order valence-electron chi connectivity index (χ4n) is 2.74. The average molecular weight is 294 g/mol. The molecule has 2 heterocycles. The van der Waals surface area contributed by atoms with Crippen LogP contribution in [-0.2, 0) is 6.54 Å². The standard InChI is InChI=1S/C14H16ClN3O2/c15-9-3-4-12-11(6-9)14(20)17-13(16-12)7-18-5-1-2-10(18)8-19/h3-4,6,10,19H,1-2,5,7-8H2,(H,16,17,20)/t10-/m0/s1. The van der Waals surface area contributed by atoms with Gasteiger partial charge in [0.2, 0.25) is 0 Å². The molecule has 2 aromatic rings. The van der Waals surface area contributed by atoms with E-state index in [9.17, 15) is 9.90 Å². The van der Waals surface area contributed by atoms with Gasteiger partial charge in [0, 0.05) is 11.1 Å². The monoisotopic (exact) mass is 293 g/mol. The number of aromatic amines is 1. The summed E-state index contributed by atoms with van der Waals surface area (Å²) in [7, 11) is 0. The summed E-state index contributed by atoms with van der Waals surface area (Å²) in [4.78, 5) is 21.5. The summed E-state index contributed by atoms with van der Waals surface area (Å²) in [5.74, 6) is 0.630. The largest absolute Gasteiger partial charge is 0.395 e. The Morgan fingerprint density at radius 2 is 2.35 bits per heavy atom. The van der Waals surface area contributed by atoms with Gasteiger partial charge in [-0.25, -0.2) is 4.98 Å². The molecule has 1 aliphatic heterocycles. The lowest BCUT2D eigenvalue weighted by Crippen LogP contribution is -2.33. The first-order valence-corrected chi connectivity index (χ1v) is 7.08. The van der Waals surface area contributed by atoms with E-state index in [-0.39, 0.29) is 18.2 Å². The third kappa shape index (κ3) is 2.57. The molecule has 2 N–H and O–H groups in total. The van der Waals surface area contributed by atoms with E-state index in [1.165, 1.54) is 0 Å². The van der Waals surface area contributed by atoms with Gasteiger partial charge in [0.1, 0.15) is 5.82 Å². The highest BCUT2D eigenvalue weighted by Gasteiger charge is 2.24. The third-order valence-corrected chi connectivity index (χ3v) is 4.01. The van der Waals surface area contributed by atoms with Crippen molar-refractivity contribution in [3.8, 4) is 0 Å². The van der Waals surface area contributed by atoms with E-state index in [1.807, 2.05) is 0 Å². The maximum atomic E-state index is 12.1. The van der Waals surface area contributed by atoms with Gasteiger partial charge < -0.3 is 10.1 Å². The van der Waals surface area contributed by atoms with Crippen LogP contribution < -0.4 is 5.56 Å². The second-order valence-electron chi connectivity index (χ2n) is 5.12. The Bertz CT molecular complexity index is 686. The summed E-state index contributed by atoms with van der Waals surface area (Å²) in [6.07, 6.45) is 2.06. The highest BCUT2D eigenvalue weighted by atomic mass is 35.5. The van der Waals surface area contributed by atoms with E-state index in [1.54, 1.807) is 18.2 Å². The molecule has 0 amide bonds. The number of nitrogens with one attached hydrogen (secondary N) is 1. The number of aliphatic hydroxyl groups is 1. The SMILES string of the molecule is O=c1[nH]c(CN2CCC[C@H]2CO)nc2ccc(Cl)cc12. The van der Waals surface area contributed by atoms with Gasteiger partial charge in [-0.1, -0.05) is 11.6 Å².